The molecule has 1 amide bonds. The molecule has 0 heterocycles. The minimum absolute atomic E-state index is 0.158. The normalized spacial score (nSPS) is 12.1. The molecule has 0 spiro atoms. The number of amides is 1. The highest BCUT2D eigenvalue weighted by molar-refractivity contribution is 9.10. The lowest BCUT2D eigenvalue weighted by molar-refractivity contribution is -0.121. The largest absolute Gasteiger partial charge is 0.495 e. The lowest BCUT2D eigenvalue weighted by Gasteiger charge is -2.22. The monoisotopic (exact) mass is 329 g/mol. The number of anilines is 1. The van der Waals surface area contributed by atoms with Crippen molar-refractivity contribution in [3.8, 4) is 5.75 Å². The van der Waals surface area contributed by atoms with Crippen molar-refractivity contribution in [1.29, 1.82) is 0 Å². The van der Waals surface area contributed by atoms with E-state index in [-0.39, 0.29) is 11.7 Å². The number of nitrogens with two attached hydrogens (primary N) is 1. The van der Waals surface area contributed by atoms with E-state index in [9.17, 15) is 4.79 Å². The Balaban J connectivity index is 2.94. The zero-order chi connectivity index (χ0) is 14.6. The molecular formula is C12H16BrN3O3. The number of hydrogen-bond donors (Lipinski definition) is 3. The van der Waals surface area contributed by atoms with E-state index in [1.165, 1.54) is 7.11 Å². The molecule has 1 aromatic rings. The second-order valence-corrected chi connectivity index (χ2v) is 5.27. The van der Waals surface area contributed by atoms with Crippen molar-refractivity contribution in [1.82, 2.24) is 0 Å². The number of hydrogen-bond acceptors (Lipinski definition) is 4. The molecule has 0 fully saturated rings. The molecule has 0 bridgehead atoms. The molecule has 19 heavy (non-hydrogen) atoms. The van der Waals surface area contributed by atoms with Crippen LogP contribution in [0.25, 0.3) is 0 Å². The van der Waals surface area contributed by atoms with Gasteiger partial charge in [0.25, 0.3) is 0 Å². The third-order valence-corrected chi connectivity index (χ3v) is 3.38. The zero-order valence-corrected chi connectivity index (χ0v) is 12.5. The topological polar surface area (TPSA) is 96.9 Å². The summed E-state index contributed by atoms with van der Waals surface area (Å²) in [4.78, 5) is 12.1. The second-order valence-electron chi connectivity index (χ2n) is 4.41. The first-order valence-corrected chi connectivity index (χ1v) is 6.25. The van der Waals surface area contributed by atoms with Gasteiger partial charge in [0, 0.05) is 11.8 Å². The summed E-state index contributed by atoms with van der Waals surface area (Å²) in [5, 5.41) is 14.2. The number of nitrogens with zero attached hydrogens (tertiary/aromatic N) is 1. The number of methoxy groups -OCH3 is 1. The molecule has 1 aromatic carbocycles. The van der Waals surface area contributed by atoms with Gasteiger partial charge in [-0.05, 0) is 41.9 Å². The van der Waals surface area contributed by atoms with Crippen LogP contribution in [0.1, 0.15) is 13.8 Å². The molecule has 0 atom stereocenters. The van der Waals surface area contributed by atoms with Crippen molar-refractivity contribution >= 4 is 33.4 Å². The SMILES string of the molecule is COc1cc(NC(=O)C(C)(C)/C(N)=N/O)ccc1Br. The minimum Gasteiger partial charge on any atom is -0.495 e. The molecule has 0 unspecified atom stereocenters. The van der Waals surface area contributed by atoms with Gasteiger partial charge in [-0.25, -0.2) is 0 Å². The number of carbonyl (C=O) groups excluding carboxylic acids is 1. The van der Waals surface area contributed by atoms with Crippen LogP contribution in [0.3, 0.4) is 0 Å². The summed E-state index contributed by atoms with van der Waals surface area (Å²) in [6, 6.07) is 5.14. The maximum absolute atomic E-state index is 12.1. The van der Waals surface area contributed by atoms with Crippen molar-refractivity contribution in [2.75, 3.05) is 12.4 Å². The first kappa shape index (κ1) is 15.3. The van der Waals surface area contributed by atoms with E-state index in [0.29, 0.717) is 11.4 Å². The summed E-state index contributed by atoms with van der Waals surface area (Å²) in [6.07, 6.45) is 0. The number of nitrogens with one attached hydrogen (secondary N) is 1. The van der Waals surface area contributed by atoms with Crippen molar-refractivity contribution < 1.29 is 14.7 Å². The first-order chi connectivity index (χ1) is 8.82. The Morgan fingerprint density at radius 1 is 1.53 bits per heavy atom. The van der Waals surface area contributed by atoms with Crippen LogP contribution in [0.15, 0.2) is 27.8 Å². The standard InChI is InChI=1S/C12H16BrN3O3/c1-12(2,10(14)16-18)11(17)15-7-4-5-8(13)9(6-7)19-3/h4-6,18H,1-3H3,(H2,14,16)(H,15,17). The van der Waals surface area contributed by atoms with Crippen molar-refractivity contribution in [2.24, 2.45) is 16.3 Å². The Bertz CT molecular complexity index is 515. The van der Waals surface area contributed by atoms with Crippen molar-refractivity contribution in [3.05, 3.63) is 22.7 Å². The maximum atomic E-state index is 12.1. The summed E-state index contributed by atoms with van der Waals surface area (Å²) in [7, 11) is 1.53. The molecular weight excluding hydrogens is 314 g/mol. The predicted octanol–water partition coefficient (Wildman–Crippen LogP) is 2.17. The van der Waals surface area contributed by atoms with Gasteiger partial charge >= 0.3 is 0 Å². The smallest absolute Gasteiger partial charge is 0.237 e. The van der Waals surface area contributed by atoms with E-state index in [1.807, 2.05) is 0 Å². The van der Waals surface area contributed by atoms with Crippen LogP contribution in [0, 0.1) is 5.41 Å². The van der Waals surface area contributed by atoms with Crippen LogP contribution in [0.4, 0.5) is 5.69 Å². The van der Waals surface area contributed by atoms with Gasteiger partial charge in [0.2, 0.25) is 5.91 Å². The fraction of sp³-hybridized carbons (Fsp3) is 0.333. The molecule has 104 valence electrons. The van der Waals surface area contributed by atoms with Gasteiger partial charge < -0.3 is 21.0 Å². The highest BCUT2D eigenvalue weighted by Crippen LogP contribution is 2.28. The van der Waals surface area contributed by atoms with Gasteiger partial charge in [-0.3, -0.25) is 4.79 Å². The summed E-state index contributed by atoms with van der Waals surface area (Å²) >= 11 is 3.32. The van der Waals surface area contributed by atoms with Gasteiger partial charge in [0.15, 0.2) is 5.84 Å². The number of amidine groups is 1. The highest BCUT2D eigenvalue weighted by Gasteiger charge is 2.32. The molecule has 0 aliphatic rings. The molecule has 0 saturated carbocycles. The number of oxime groups is 1. The van der Waals surface area contributed by atoms with E-state index >= 15 is 0 Å². The Morgan fingerprint density at radius 3 is 2.68 bits per heavy atom. The van der Waals surface area contributed by atoms with Crippen LogP contribution >= 0.6 is 15.9 Å². The van der Waals surface area contributed by atoms with Crippen LogP contribution < -0.4 is 15.8 Å². The fourth-order valence-corrected chi connectivity index (χ4v) is 1.67. The average Bonchev–Trinajstić information content (AvgIpc) is 2.39. The average molecular weight is 330 g/mol. The molecule has 0 saturated heterocycles. The Hall–Kier alpha value is -1.76. The summed E-state index contributed by atoms with van der Waals surface area (Å²) in [5.41, 5.74) is 4.94. The fourth-order valence-electron chi connectivity index (χ4n) is 1.27. The van der Waals surface area contributed by atoms with Gasteiger partial charge in [-0.15, -0.1) is 0 Å². The minimum atomic E-state index is -1.12. The Kier molecular flexibility index (Phi) is 4.77. The van der Waals surface area contributed by atoms with Crippen LogP contribution in [0.2, 0.25) is 0 Å². The lowest BCUT2D eigenvalue weighted by atomic mass is 9.91. The summed E-state index contributed by atoms with van der Waals surface area (Å²) in [5.74, 6) is 0.0562. The van der Waals surface area contributed by atoms with Gasteiger partial charge in [0.05, 0.1) is 11.6 Å². The number of rotatable bonds is 4. The highest BCUT2D eigenvalue weighted by atomic mass is 79.9. The van der Waals surface area contributed by atoms with Gasteiger partial charge in [-0.2, -0.15) is 0 Å². The van der Waals surface area contributed by atoms with Crippen LogP contribution in [-0.2, 0) is 4.79 Å². The quantitative estimate of drug-likeness (QED) is 0.341. The number of halogens is 1. The lowest BCUT2D eigenvalue weighted by Crippen LogP contribution is -2.42. The number of carbonyl (C=O) groups is 1. The molecule has 6 nitrogen and oxygen atoms in total. The summed E-state index contributed by atoms with van der Waals surface area (Å²) in [6.45, 7) is 3.13. The van der Waals surface area contributed by atoms with Crippen LogP contribution in [0.5, 0.6) is 5.75 Å². The van der Waals surface area contributed by atoms with E-state index in [0.717, 1.165) is 4.47 Å². The predicted molar refractivity (Wildman–Crippen MR) is 76.5 cm³/mol. The maximum Gasteiger partial charge on any atom is 0.237 e. The Labute approximate surface area is 119 Å². The molecule has 0 aliphatic carbocycles. The van der Waals surface area contributed by atoms with E-state index in [4.69, 9.17) is 15.7 Å². The van der Waals surface area contributed by atoms with Crippen LogP contribution in [-0.4, -0.2) is 24.1 Å². The second kappa shape index (κ2) is 5.92. The third-order valence-electron chi connectivity index (χ3n) is 2.72. The van der Waals surface area contributed by atoms with Gasteiger partial charge in [0.1, 0.15) is 11.2 Å². The van der Waals surface area contributed by atoms with E-state index in [2.05, 4.69) is 26.4 Å². The molecule has 0 aliphatic heterocycles. The Morgan fingerprint density at radius 2 is 2.16 bits per heavy atom. The van der Waals surface area contributed by atoms with Crippen molar-refractivity contribution in [2.45, 2.75) is 13.8 Å². The summed E-state index contributed by atoms with van der Waals surface area (Å²) < 4.78 is 5.92. The zero-order valence-electron chi connectivity index (χ0n) is 10.9. The van der Waals surface area contributed by atoms with Gasteiger partial charge in [-0.1, -0.05) is 5.16 Å². The number of ether oxygens (including phenoxy) is 1. The van der Waals surface area contributed by atoms with Crippen molar-refractivity contribution in [3.63, 3.8) is 0 Å². The number of benzene rings is 1. The molecule has 1 rings (SSSR count). The molecule has 0 radical (unpaired) electrons. The molecule has 0 aromatic heterocycles. The van der Waals surface area contributed by atoms with E-state index in [1.54, 1.807) is 32.0 Å². The molecule has 4 N–H and O–H groups in total. The molecule has 7 heteroatoms. The first-order valence-electron chi connectivity index (χ1n) is 5.46. The third kappa shape index (κ3) is 3.37. The van der Waals surface area contributed by atoms with E-state index < -0.39 is 5.41 Å².